The molecule has 0 saturated carbocycles. The summed E-state index contributed by atoms with van der Waals surface area (Å²) in [5.41, 5.74) is 1.04. The monoisotopic (exact) mass is 407 g/mol. The highest BCUT2D eigenvalue weighted by molar-refractivity contribution is 9.11. The Morgan fingerprint density at radius 2 is 2.19 bits per heavy atom. The van der Waals surface area contributed by atoms with Crippen LogP contribution in [0.4, 0.5) is 5.13 Å². The third kappa shape index (κ3) is 3.16. The molecule has 0 amide bonds. The zero-order valence-electron chi connectivity index (χ0n) is 11.3. The van der Waals surface area contributed by atoms with Crippen molar-refractivity contribution in [2.75, 3.05) is 11.8 Å². The number of hydrogen-bond acceptors (Lipinski definition) is 6. The summed E-state index contributed by atoms with van der Waals surface area (Å²) in [7, 11) is -1.76. The molecule has 0 fully saturated rings. The van der Waals surface area contributed by atoms with Crippen LogP contribution in [0.2, 0.25) is 0 Å². The van der Waals surface area contributed by atoms with Crippen molar-refractivity contribution in [2.45, 2.75) is 30.7 Å². The van der Waals surface area contributed by atoms with Crippen molar-refractivity contribution >= 4 is 53.8 Å². The van der Waals surface area contributed by atoms with E-state index in [0.717, 1.165) is 29.8 Å². The van der Waals surface area contributed by atoms with Gasteiger partial charge in [-0.2, -0.15) is 0 Å². The van der Waals surface area contributed by atoms with E-state index >= 15 is 0 Å². The molecule has 2 heterocycles. The normalized spacial score (nSPS) is 14.4. The predicted molar refractivity (Wildman–Crippen MR) is 89.7 cm³/mol. The topological polar surface area (TPSA) is 71.1 Å². The smallest absolute Gasteiger partial charge is 0.265 e. The highest BCUT2D eigenvalue weighted by Crippen LogP contribution is 2.35. The van der Waals surface area contributed by atoms with E-state index in [0.29, 0.717) is 15.5 Å². The first kappa shape index (κ1) is 15.4. The molecule has 0 radical (unpaired) electrons. The number of nitrogens with one attached hydrogen (secondary N) is 2. The van der Waals surface area contributed by atoms with Gasteiger partial charge < -0.3 is 5.32 Å². The SMILES string of the molecule is CNCc1cc(S(=O)(=O)Nc2nc3c(s2)CCC3)c(Br)s1. The maximum Gasteiger partial charge on any atom is 0.265 e. The summed E-state index contributed by atoms with van der Waals surface area (Å²) in [6.45, 7) is 0.643. The highest BCUT2D eigenvalue weighted by Gasteiger charge is 2.24. The number of halogens is 1. The molecule has 114 valence electrons. The summed E-state index contributed by atoms with van der Waals surface area (Å²) in [6.07, 6.45) is 3.07. The summed E-state index contributed by atoms with van der Waals surface area (Å²) >= 11 is 6.19. The highest BCUT2D eigenvalue weighted by atomic mass is 79.9. The van der Waals surface area contributed by atoms with Crippen LogP contribution < -0.4 is 10.0 Å². The Labute approximate surface area is 140 Å². The number of fused-ring (bicyclic) bond motifs is 1. The predicted octanol–water partition coefficient (Wildman–Crippen LogP) is 2.98. The van der Waals surface area contributed by atoms with E-state index in [2.05, 4.69) is 31.0 Å². The van der Waals surface area contributed by atoms with Crippen molar-refractivity contribution in [1.29, 1.82) is 0 Å². The van der Waals surface area contributed by atoms with Crippen molar-refractivity contribution in [2.24, 2.45) is 0 Å². The van der Waals surface area contributed by atoms with Gasteiger partial charge in [0.15, 0.2) is 5.13 Å². The van der Waals surface area contributed by atoms with Crippen LogP contribution in [0, 0.1) is 0 Å². The first-order valence-electron chi connectivity index (χ1n) is 6.44. The van der Waals surface area contributed by atoms with E-state index in [1.807, 2.05) is 7.05 Å². The fourth-order valence-corrected chi connectivity index (χ4v) is 7.23. The number of aromatic nitrogens is 1. The van der Waals surface area contributed by atoms with Crippen LogP contribution in [0.15, 0.2) is 14.7 Å². The van der Waals surface area contributed by atoms with E-state index in [-0.39, 0.29) is 4.90 Å². The number of aryl methyl sites for hydroxylation is 2. The molecule has 3 rings (SSSR count). The van der Waals surface area contributed by atoms with E-state index < -0.39 is 10.0 Å². The molecule has 0 aromatic carbocycles. The fraction of sp³-hybridized carbons (Fsp3) is 0.417. The Balaban J connectivity index is 1.86. The fourth-order valence-electron chi connectivity index (χ4n) is 2.25. The molecule has 0 bridgehead atoms. The molecular weight excluding hydrogens is 394 g/mol. The molecule has 2 N–H and O–H groups in total. The van der Waals surface area contributed by atoms with Gasteiger partial charge in [-0.1, -0.05) is 0 Å². The summed E-state index contributed by atoms with van der Waals surface area (Å²) in [6, 6.07) is 1.69. The number of hydrogen-bond donors (Lipinski definition) is 2. The van der Waals surface area contributed by atoms with Gasteiger partial charge in [0.05, 0.1) is 9.48 Å². The Morgan fingerprint density at radius 3 is 2.90 bits per heavy atom. The lowest BCUT2D eigenvalue weighted by Gasteiger charge is -2.03. The van der Waals surface area contributed by atoms with Gasteiger partial charge in [0, 0.05) is 16.3 Å². The molecular formula is C12H14BrN3O2S3. The Kier molecular flexibility index (Phi) is 4.37. The van der Waals surface area contributed by atoms with E-state index in [1.165, 1.54) is 27.6 Å². The summed E-state index contributed by atoms with van der Waals surface area (Å²) in [4.78, 5) is 6.82. The molecule has 5 nitrogen and oxygen atoms in total. The Bertz CT molecular complexity index is 745. The number of thiophene rings is 1. The second kappa shape index (κ2) is 5.96. The van der Waals surface area contributed by atoms with Gasteiger partial charge in [-0.25, -0.2) is 13.4 Å². The van der Waals surface area contributed by atoms with E-state index in [9.17, 15) is 8.42 Å². The molecule has 0 spiro atoms. The summed E-state index contributed by atoms with van der Waals surface area (Å²) in [5, 5.41) is 3.48. The van der Waals surface area contributed by atoms with Crippen LogP contribution in [0.1, 0.15) is 21.9 Å². The third-order valence-corrected chi connectivity index (χ3v) is 7.96. The average molecular weight is 408 g/mol. The van der Waals surface area contributed by atoms with Gasteiger partial charge in [-0.3, -0.25) is 4.72 Å². The maximum atomic E-state index is 12.5. The molecule has 0 atom stereocenters. The minimum atomic E-state index is -3.60. The van der Waals surface area contributed by atoms with E-state index in [4.69, 9.17) is 0 Å². The van der Waals surface area contributed by atoms with Crippen molar-refractivity contribution in [3.8, 4) is 0 Å². The van der Waals surface area contributed by atoms with Crippen LogP contribution in [-0.2, 0) is 29.4 Å². The van der Waals surface area contributed by atoms with Gasteiger partial charge >= 0.3 is 0 Å². The Hall–Kier alpha value is -0.480. The lowest BCUT2D eigenvalue weighted by atomic mass is 10.4. The molecule has 0 unspecified atom stereocenters. The summed E-state index contributed by atoms with van der Waals surface area (Å²) < 4.78 is 28.2. The number of rotatable bonds is 5. The van der Waals surface area contributed by atoms with Crippen LogP contribution in [0.3, 0.4) is 0 Å². The molecule has 21 heavy (non-hydrogen) atoms. The number of nitrogens with zero attached hydrogens (tertiary/aromatic N) is 1. The van der Waals surface area contributed by atoms with Crippen LogP contribution in [-0.4, -0.2) is 20.4 Å². The first-order valence-corrected chi connectivity index (χ1v) is 10.3. The van der Waals surface area contributed by atoms with Gasteiger partial charge in [0.2, 0.25) is 0 Å². The van der Waals surface area contributed by atoms with Crippen LogP contribution in [0.25, 0.3) is 0 Å². The third-order valence-electron chi connectivity index (χ3n) is 3.16. The van der Waals surface area contributed by atoms with Crippen molar-refractivity contribution in [1.82, 2.24) is 10.3 Å². The van der Waals surface area contributed by atoms with Gasteiger partial charge in [0.25, 0.3) is 10.0 Å². The molecule has 0 aliphatic heterocycles. The molecule has 9 heteroatoms. The molecule has 1 aliphatic rings. The Morgan fingerprint density at radius 1 is 1.38 bits per heavy atom. The van der Waals surface area contributed by atoms with Crippen molar-refractivity contribution < 1.29 is 8.42 Å². The van der Waals surface area contributed by atoms with Crippen LogP contribution in [0.5, 0.6) is 0 Å². The number of sulfonamides is 1. The minimum Gasteiger partial charge on any atom is -0.315 e. The largest absolute Gasteiger partial charge is 0.315 e. The van der Waals surface area contributed by atoms with Crippen molar-refractivity contribution in [3.63, 3.8) is 0 Å². The molecule has 1 aliphatic carbocycles. The molecule has 2 aromatic rings. The van der Waals surface area contributed by atoms with Gasteiger partial charge in [-0.15, -0.1) is 22.7 Å². The number of thiazole rings is 1. The van der Waals surface area contributed by atoms with Gasteiger partial charge in [0.1, 0.15) is 4.90 Å². The zero-order valence-corrected chi connectivity index (χ0v) is 15.3. The zero-order chi connectivity index (χ0) is 15.0. The second-order valence-electron chi connectivity index (χ2n) is 4.73. The standard InChI is InChI=1S/C12H14BrN3O2S3/c1-14-6-7-5-10(11(13)19-7)21(17,18)16-12-15-8-3-2-4-9(8)20-12/h5,14H,2-4,6H2,1H3,(H,15,16). The lowest BCUT2D eigenvalue weighted by molar-refractivity contribution is 0.601. The lowest BCUT2D eigenvalue weighted by Crippen LogP contribution is -2.12. The maximum absolute atomic E-state index is 12.5. The average Bonchev–Trinajstić information content (AvgIpc) is 3.04. The first-order chi connectivity index (χ1) is 9.99. The quantitative estimate of drug-likeness (QED) is 0.798. The van der Waals surface area contributed by atoms with Crippen LogP contribution >= 0.6 is 38.6 Å². The minimum absolute atomic E-state index is 0.271. The second-order valence-corrected chi connectivity index (χ2v) is 9.92. The summed E-state index contributed by atoms with van der Waals surface area (Å²) in [5.74, 6) is 0. The van der Waals surface area contributed by atoms with Gasteiger partial charge in [-0.05, 0) is 48.3 Å². The van der Waals surface area contributed by atoms with E-state index in [1.54, 1.807) is 6.07 Å². The van der Waals surface area contributed by atoms with Crippen molar-refractivity contribution in [3.05, 3.63) is 25.3 Å². The molecule has 0 saturated heterocycles. The number of anilines is 1. The molecule has 2 aromatic heterocycles.